The molecule has 69 heavy (non-hydrogen) atoms. The van der Waals surface area contributed by atoms with Gasteiger partial charge in [0.2, 0.25) is 11.5 Å². The summed E-state index contributed by atoms with van der Waals surface area (Å²) in [6.45, 7) is 0. The maximum absolute atomic E-state index is 7.05. The first-order valence-corrected chi connectivity index (χ1v) is 21.9. The van der Waals surface area contributed by atoms with Crippen LogP contribution in [-0.4, -0.2) is 39.9 Å². The Bertz CT molecular complexity index is 3680. The van der Waals surface area contributed by atoms with Crippen molar-refractivity contribution in [1.82, 2.24) is 39.9 Å². The molecule has 2 aliphatic heterocycles. The number of nitrogens with one attached hydrogen (secondary N) is 2. The largest absolute Gasteiger partial charge is 0.452 e. The predicted octanol–water partition coefficient (Wildman–Crippen LogP) is 14.0. The second-order valence-corrected chi connectivity index (χ2v) is 16.0. The summed E-state index contributed by atoms with van der Waals surface area (Å²) < 4.78 is 28.0. The summed E-state index contributed by atoms with van der Waals surface area (Å²) in [4.78, 5) is 38.6. The molecule has 332 valence electrons. The summed E-state index contributed by atoms with van der Waals surface area (Å²) in [5.74, 6) is 4.88. The van der Waals surface area contributed by atoms with E-state index in [2.05, 4.69) is 9.97 Å². The van der Waals surface area contributed by atoms with E-state index in [1.807, 2.05) is 194 Å². The fourth-order valence-corrected chi connectivity index (χ4v) is 8.59. The van der Waals surface area contributed by atoms with Crippen LogP contribution >= 0.6 is 0 Å². The van der Waals surface area contributed by atoms with Crippen molar-refractivity contribution in [2.75, 3.05) is 0 Å². The van der Waals surface area contributed by atoms with E-state index >= 15 is 0 Å². The molecule has 0 unspecified atom stereocenters. The number of aromatic nitrogens is 8. The monoisotopic (exact) mass is 940 g/mol. The number of rotatable bonds is 8. The predicted molar refractivity (Wildman–Crippen MR) is 262 cm³/mol. The average Bonchev–Trinajstić information content (AvgIpc) is 4.13. The molecule has 0 aliphatic carbocycles. The van der Waals surface area contributed by atoms with Gasteiger partial charge in [0.15, 0.2) is 34.8 Å². The number of H-pyrrole nitrogens is 2. The Hall–Kier alpha value is -9.19. The van der Waals surface area contributed by atoms with Crippen LogP contribution in [0.3, 0.4) is 0 Å². The minimum absolute atomic E-state index is 0. The Morgan fingerprint density at radius 2 is 0.522 bits per heavy atom. The van der Waals surface area contributed by atoms with Crippen LogP contribution in [0.2, 0.25) is 0 Å². The molecule has 8 bridgehead atoms. The van der Waals surface area contributed by atoms with E-state index in [9.17, 15) is 0 Å². The summed E-state index contributed by atoms with van der Waals surface area (Å²) in [5, 5.41) is 2.71. The van der Waals surface area contributed by atoms with Crippen LogP contribution in [0.1, 0.15) is 0 Å². The van der Waals surface area contributed by atoms with Crippen molar-refractivity contribution in [3.8, 4) is 91.5 Å². The van der Waals surface area contributed by atoms with Crippen LogP contribution in [-0.2, 0) is 16.5 Å². The Balaban J connectivity index is 0.00000492. The number of ether oxygens (including phenoxy) is 4. The van der Waals surface area contributed by atoms with Crippen molar-refractivity contribution in [2.45, 2.75) is 0 Å². The Labute approximate surface area is 403 Å². The van der Waals surface area contributed by atoms with Crippen LogP contribution in [0.4, 0.5) is 0 Å². The van der Waals surface area contributed by atoms with Gasteiger partial charge in [-0.1, -0.05) is 146 Å². The van der Waals surface area contributed by atoms with Gasteiger partial charge in [-0.25, -0.2) is 29.9 Å². The maximum Gasteiger partial charge on any atom is 0.217 e. The maximum atomic E-state index is 7.05. The minimum Gasteiger partial charge on any atom is -0.452 e. The molecule has 0 saturated heterocycles. The van der Waals surface area contributed by atoms with E-state index in [1.165, 1.54) is 0 Å². The molecule has 5 heterocycles. The summed E-state index contributed by atoms with van der Waals surface area (Å²) in [6.07, 6.45) is 0. The standard InChI is InChI=1S/C56H34N8O4.Ni/c1-5-19-33(20-6-1)65-45-43-44(46(66-34-21-7-2-8-22-34)48(68-36-25-11-4-12-26-36)47(45)67-35-23-9-3-10-24-35)56-63-54-42-32-18-16-30-40(42)52(61-54)59-50-38-28-14-13-27-37(38)49(57-50)58-51-39-29-15-17-31-41(39)53(60-51)62-55(43)64-56;/h1-32H,(H2,57,58,59,60,61,62,63,64);. The normalized spacial score (nSPS) is 11.4. The second-order valence-electron chi connectivity index (χ2n) is 16.0. The zero-order valence-corrected chi connectivity index (χ0v) is 37.1. The molecule has 0 radical (unpaired) electrons. The number of para-hydroxylation sites is 4. The van der Waals surface area contributed by atoms with Gasteiger partial charge in [0.25, 0.3) is 0 Å². The van der Waals surface area contributed by atoms with Crippen molar-refractivity contribution < 1.29 is 35.4 Å². The quantitative estimate of drug-likeness (QED) is 0.141. The molecule has 13 rings (SSSR count). The van der Waals surface area contributed by atoms with Crippen LogP contribution in [0.5, 0.6) is 46.0 Å². The van der Waals surface area contributed by atoms with Crippen molar-refractivity contribution in [2.24, 2.45) is 0 Å². The van der Waals surface area contributed by atoms with Crippen molar-refractivity contribution in [3.63, 3.8) is 0 Å². The smallest absolute Gasteiger partial charge is 0.217 e. The van der Waals surface area contributed by atoms with Gasteiger partial charge in [-0.3, -0.25) is 0 Å². The summed E-state index contributed by atoms with van der Waals surface area (Å²) >= 11 is 0. The minimum atomic E-state index is 0. The number of benzene rings is 8. The molecule has 0 amide bonds. The molecule has 0 saturated carbocycles. The molecule has 0 spiro atoms. The topological polar surface area (TPSA) is 146 Å². The Morgan fingerprint density at radius 1 is 0.261 bits per heavy atom. The van der Waals surface area contributed by atoms with E-state index < -0.39 is 0 Å². The molecule has 11 aromatic rings. The molecule has 13 heteroatoms. The van der Waals surface area contributed by atoms with E-state index in [-0.39, 0.29) is 39.5 Å². The van der Waals surface area contributed by atoms with Gasteiger partial charge in [0.1, 0.15) is 45.6 Å². The van der Waals surface area contributed by atoms with Gasteiger partial charge >= 0.3 is 0 Å². The number of hydrogen-bond donors (Lipinski definition) is 2. The third-order valence-electron chi connectivity index (χ3n) is 11.7. The SMILES string of the molecule is [Ni].c1ccc(Oc2c(Oc3ccccc3)c(Oc3ccccc3)c3c4nc5nc(nc6[nH]c(nc7nc(nc([nH]4)c3c2Oc2ccccc2)-c2ccccc2-7)c2ccccc62)-c2ccccc2-5)cc1. The molecule has 2 N–H and O–H groups in total. The molecule has 12 nitrogen and oxygen atoms in total. The molecular weight excluding hydrogens is 907 g/mol. The van der Waals surface area contributed by atoms with E-state index in [0.29, 0.717) is 79.7 Å². The molecule has 0 fully saturated rings. The number of fused-ring (bicyclic) bond motifs is 20. The van der Waals surface area contributed by atoms with Crippen molar-refractivity contribution >= 4 is 44.1 Å². The van der Waals surface area contributed by atoms with E-state index in [1.54, 1.807) is 0 Å². The number of hydrogen-bond acceptors (Lipinski definition) is 10. The van der Waals surface area contributed by atoms with Gasteiger partial charge in [0, 0.05) is 49.5 Å². The summed E-state index contributed by atoms with van der Waals surface area (Å²) in [6, 6.07) is 61.7. The molecule has 2 aliphatic rings. The molecule has 8 aromatic carbocycles. The van der Waals surface area contributed by atoms with Gasteiger partial charge in [-0.05, 0) is 48.5 Å². The first kappa shape index (κ1) is 41.3. The third kappa shape index (κ3) is 7.43. The van der Waals surface area contributed by atoms with Crippen molar-refractivity contribution in [3.05, 3.63) is 194 Å². The van der Waals surface area contributed by atoms with Gasteiger partial charge in [-0.2, -0.15) is 0 Å². The van der Waals surface area contributed by atoms with E-state index in [0.717, 1.165) is 33.0 Å². The summed E-state index contributed by atoms with van der Waals surface area (Å²) in [5.41, 5.74) is 5.07. The second kappa shape index (κ2) is 17.2. The van der Waals surface area contributed by atoms with Crippen molar-refractivity contribution in [1.29, 1.82) is 0 Å². The fraction of sp³-hybridized carbons (Fsp3) is 0. The zero-order valence-electron chi connectivity index (χ0n) is 36.1. The summed E-state index contributed by atoms with van der Waals surface area (Å²) in [7, 11) is 0. The number of aromatic amines is 2. The third-order valence-corrected chi connectivity index (χ3v) is 11.7. The van der Waals surface area contributed by atoms with Crippen LogP contribution in [0.15, 0.2) is 194 Å². The zero-order chi connectivity index (χ0) is 45.0. The first-order chi connectivity index (χ1) is 33.7. The van der Waals surface area contributed by atoms with Crippen LogP contribution in [0, 0.1) is 0 Å². The van der Waals surface area contributed by atoms with Gasteiger partial charge < -0.3 is 28.9 Å². The number of nitrogens with zero attached hydrogens (tertiary/aromatic N) is 6. The van der Waals surface area contributed by atoms with Gasteiger partial charge in [0.05, 0.1) is 10.8 Å². The van der Waals surface area contributed by atoms with Gasteiger partial charge in [-0.15, -0.1) is 0 Å². The Kier molecular flexibility index (Phi) is 10.3. The molecule has 3 aromatic heterocycles. The van der Waals surface area contributed by atoms with Crippen LogP contribution in [0.25, 0.3) is 89.7 Å². The van der Waals surface area contributed by atoms with Crippen LogP contribution < -0.4 is 18.9 Å². The van der Waals surface area contributed by atoms with E-state index in [4.69, 9.17) is 48.9 Å². The average molecular weight is 942 g/mol. The first-order valence-electron chi connectivity index (χ1n) is 21.9. The Morgan fingerprint density at radius 3 is 0.855 bits per heavy atom. The fourth-order valence-electron chi connectivity index (χ4n) is 8.59. The molecular formula is C56H34N8NiO4. The molecule has 0 atom stereocenters.